The Morgan fingerprint density at radius 2 is 1.76 bits per heavy atom. The van der Waals surface area contributed by atoms with Crippen LogP contribution < -0.4 is 15.5 Å². The van der Waals surface area contributed by atoms with Crippen LogP contribution in [0.2, 0.25) is 0 Å². The molecule has 1 aromatic rings. The number of amides is 1. The second-order valence-electron chi connectivity index (χ2n) is 13.1. The molecule has 0 bridgehead atoms. The average molecular weight is 587 g/mol. The average Bonchev–Trinajstić information content (AvgIpc) is 2.86. The molecule has 4 rings (SSSR count). The molecule has 0 spiro atoms. The lowest BCUT2D eigenvalue weighted by Gasteiger charge is -2.50. The maximum absolute atomic E-state index is 14.2. The summed E-state index contributed by atoms with van der Waals surface area (Å²) in [6.45, 7) is 6.34. The fourth-order valence-electron chi connectivity index (χ4n) is 6.59. The van der Waals surface area contributed by atoms with Crippen LogP contribution in [0.3, 0.4) is 0 Å². The van der Waals surface area contributed by atoms with Crippen LogP contribution in [0.25, 0.3) is 5.76 Å². The molecule has 1 fully saturated rings. The maximum Gasteiger partial charge on any atom is 0.260 e. The highest BCUT2D eigenvalue weighted by molar-refractivity contribution is 6.25. The van der Waals surface area contributed by atoms with Crippen molar-refractivity contribution in [3.05, 3.63) is 39.7 Å². The van der Waals surface area contributed by atoms with E-state index in [0.717, 1.165) is 5.69 Å². The molecule has 1 aromatic carbocycles. The first-order valence-electron chi connectivity index (χ1n) is 14.0. The highest BCUT2D eigenvalue weighted by atomic mass is 16.3. The van der Waals surface area contributed by atoms with Gasteiger partial charge in [-0.1, -0.05) is 20.8 Å². The Balaban J connectivity index is 1.91. The second kappa shape index (κ2) is 11.0. The summed E-state index contributed by atoms with van der Waals surface area (Å²) >= 11 is 0. The zero-order valence-corrected chi connectivity index (χ0v) is 25.2. The highest BCUT2D eigenvalue weighted by Gasteiger charge is 2.64. The third-order valence-corrected chi connectivity index (χ3v) is 8.45. The summed E-state index contributed by atoms with van der Waals surface area (Å²) in [5.41, 5.74) is -1.77. The molecule has 0 saturated heterocycles. The van der Waals surface area contributed by atoms with Gasteiger partial charge in [-0.25, -0.2) is 0 Å². The number of aromatic hydroxyl groups is 1. The Morgan fingerprint density at radius 1 is 1.12 bits per heavy atom. The smallest absolute Gasteiger partial charge is 0.260 e. The molecule has 4 atom stereocenters. The van der Waals surface area contributed by atoms with Crippen molar-refractivity contribution >= 4 is 28.9 Å². The summed E-state index contributed by atoms with van der Waals surface area (Å²) in [6, 6.07) is 0.688. The fraction of sp³-hybridized carbons (Fsp3) is 0.567. The largest absolute Gasteiger partial charge is 0.508 e. The summed E-state index contributed by atoms with van der Waals surface area (Å²) < 4.78 is 0. The molecule has 0 aromatic heterocycles. The molecule has 12 heteroatoms. The van der Waals surface area contributed by atoms with Gasteiger partial charge in [-0.2, -0.15) is 0 Å². The van der Waals surface area contributed by atoms with E-state index in [4.69, 9.17) is 0 Å². The molecule has 1 saturated carbocycles. The van der Waals surface area contributed by atoms with E-state index in [9.17, 15) is 39.9 Å². The van der Waals surface area contributed by atoms with Gasteiger partial charge in [0.15, 0.2) is 11.4 Å². The summed E-state index contributed by atoms with van der Waals surface area (Å²) in [4.78, 5) is 43.7. The van der Waals surface area contributed by atoms with Gasteiger partial charge in [0, 0.05) is 49.9 Å². The number of ketones is 2. The summed E-state index contributed by atoms with van der Waals surface area (Å²) in [5.74, 6) is -6.58. The third-order valence-electron chi connectivity index (χ3n) is 8.45. The Morgan fingerprint density at radius 3 is 2.31 bits per heavy atom. The number of carbonyl (C=O) groups is 3. The van der Waals surface area contributed by atoms with Gasteiger partial charge in [0.05, 0.1) is 11.6 Å². The minimum atomic E-state index is -2.70. The lowest BCUT2D eigenvalue weighted by molar-refractivity contribution is -0.153. The van der Waals surface area contributed by atoms with Crippen molar-refractivity contribution in [2.45, 2.75) is 51.8 Å². The third kappa shape index (κ3) is 4.96. The fourth-order valence-corrected chi connectivity index (χ4v) is 6.59. The van der Waals surface area contributed by atoms with Gasteiger partial charge in [-0.15, -0.1) is 0 Å². The Hall–Kier alpha value is -3.45. The van der Waals surface area contributed by atoms with Crippen molar-refractivity contribution in [1.29, 1.82) is 0 Å². The van der Waals surface area contributed by atoms with Crippen LogP contribution in [0.15, 0.2) is 23.0 Å². The van der Waals surface area contributed by atoms with E-state index < -0.39 is 64.8 Å². The molecule has 0 radical (unpaired) electrons. The van der Waals surface area contributed by atoms with Gasteiger partial charge >= 0.3 is 0 Å². The minimum absolute atomic E-state index is 0.0136. The lowest BCUT2D eigenvalue weighted by Crippen LogP contribution is -2.65. The van der Waals surface area contributed by atoms with Crippen molar-refractivity contribution in [3.63, 3.8) is 0 Å². The van der Waals surface area contributed by atoms with Crippen molar-refractivity contribution in [2.24, 2.45) is 17.3 Å². The van der Waals surface area contributed by atoms with E-state index in [2.05, 4.69) is 26.1 Å². The van der Waals surface area contributed by atoms with Crippen molar-refractivity contribution < 1.29 is 39.9 Å². The molecule has 42 heavy (non-hydrogen) atoms. The quantitative estimate of drug-likeness (QED) is 0.177. The zero-order valence-electron chi connectivity index (χ0n) is 25.2. The molecule has 3 aliphatic rings. The van der Waals surface area contributed by atoms with Crippen LogP contribution in [0.1, 0.15) is 43.9 Å². The molecule has 3 aliphatic carbocycles. The van der Waals surface area contributed by atoms with Crippen LogP contribution in [0.4, 0.5) is 5.69 Å². The number of nitrogens with zero attached hydrogens (tertiary/aromatic N) is 2. The summed E-state index contributed by atoms with van der Waals surface area (Å²) in [5, 5.41) is 60.6. The van der Waals surface area contributed by atoms with Crippen LogP contribution in [-0.2, 0) is 27.3 Å². The number of rotatable bonds is 7. The van der Waals surface area contributed by atoms with E-state index in [0.29, 0.717) is 24.2 Å². The Bertz CT molecular complexity index is 1390. The number of aliphatic hydroxyl groups is 4. The van der Waals surface area contributed by atoms with E-state index in [1.807, 2.05) is 30.4 Å². The molecule has 0 unspecified atom stereocenters. The maximum atomic E-state index is 14.2. The standard InChI is InChI=1S/C30H42N4O8/c1-29(2,3)12-31-11-15-10-18(33(4)5)16-8-14-9-17-22(34(6)7)25(38)21(28(41)32-13-35)27(40)30(17,42)26(39)19(14)24(37)20(16)23(15)36/h10,14,17,22,31,35-37,40,42H,8-9,11-13H2,1-7H3,(H,32,41)/t14-,17-,22-,30-/m0/s1. The molecule has 230 valence electrons. The Labute approximate surface area is 245 Å². The molecule has 7 N–H and O–H groups in total. The molecule has 12 nitrogen and oxygen atoms in total. The molecule has 1 amide bonds. The normalized spacial score (nSPS) is 25.8. The molecular weight excluding hydrogens is 544 g/mol. The number of nitrogens with one attached hydrogen (secondary N) is 2. The molecule has 0 heterocycles. The summed E-state index contributed by atoms with van der Waals surface area (Å²) in [6.07, 6.45) is 0.248. The lowest BCUT2D eigenvalue weighted by atomic mass is 9.57. The number of anilines is 1. The highest BCUT2D eigenvalue weighted by Crippen LogP contribution is 2.54. The van der Waals surface area contributed by atoms with Crippen LogP contribution >= 0.6 is 0 Å². The predicted octanol–water partition coefficient (Wildman–Crippen LogP) is 0.746. The minimum Gasteiger partial charge on any atom is -0.508 e. The van der Waals surface area contributed by atoms with E-state index in [-0.39, 0.29) is 35.1 Å². The first-order valence-corrected chi connectivity index (χ1v) is 14.0. The van der Waals surface area contributed by atoms with Crippen molar-refractivity contribution in [3.8, 4) is 5.75 Å². The number of phenolic OH excluding ortho intramolecular Hbond substituents is 1. The monoisotopic (exact) mass is 586 g/mol. The van der Waals surface area contributed by atoms with Crippen molar-refractivity contribution in [1.82, 2.24) is 15.5 Å². The summed E-state index contributed by atoms with van der Waals surface area (Å²) in [7, 11) is 6.80. The van der Waals surface area contributed by atoms with Gasteiger partial charge in [-0.3, -0.25) is 19.3 Å². The van der Waals surface area contributed by atoms with Gasteiger partial charge < -0.3 is 41.1 Å². The number of phenols is 1. The van der Waals surface area contributed by atoms with Gasteiger partial charge in [-0.05, 0) is 49.9 Å². The van der Waals surface area contributed by atoms with Gasteiger partial charge in [0.2, 0.25) is 5.78 Å². The topological polar surface area (TPSA) is 183 Å². The number of fused-ring (bicyclic) bond motifs is 3. The second-order valence-corrected chi connectivity index (χ2v) is 13.1. The zero-order chi connectivity index (χ0) is 31.5. The first kappa shape index (κ1) is 31.5. The number of hydrogen-bond acceptors (Lipinski definition) is 11. The predicted molar refractivity (Wildman–Crippen MR) is 156 cm³/mol. The van der Waals surface area contributed by atoms with E-state index >= 15 is 0 Å². The Kier molecular flexibility index (Phi) is 8.24. The molecular formula is C30H42N4O8. The number of likely N-dealkylation sites (N-methyl/N-ethyl adjacent to an activating group) is 1. The van der Waals surface area contributed by atoms with E-state index in [1.54, 1.807) is 14.1 Å². The number of Topliss-reactive ketones (excluding diaryl/α,β-unsaturated/α-hetero) is 2. The van der Waals surface area contributed by atoms with Gasteiger partial charge in [0.1, 0.15) is 29.6 Å². The van der Waals surface area contributed by atoms with E-state index in [1.165, 1.54) is 4.90 Å². The SMILES string of the molecule is CN(C)c1cc(CNCC(C)(C)C)c(O)c2c1C[C@H]1C[C@H]3[C@H](N(C)C)C(=O)C(C(=O)NCO)=C(O)[C@@]3(O)C(=O)C1=C2O. The number of carbonyl (C=O) groups excluding carboxylic acids is 3. The van der Waals surface area contributed by atoms with Crippen LogP contribution in [0.5, 0.6) is 5.75 Å². The number of benzene rings is 1. The molecule has 0 aliphatic heterocycles. The van der Waals surface area contributed by atoms with Crippen LogP contribution in [0, 0.1) is 17.3 Å². The van der Waals surface area contributed by atoms with Crippen LogP contribution in [-0.4, -0.2) is 101 Å². The van der Waals surface area contributed by atoms with Gasteiger partial charge in [0.25, 0.3) is 5.91 Å². The van der Waals surface area contributed by atoms with Crippen molar-refractivity contribution in [2.75, 3.05) is 46.4 Å². The number of aliphatic hydroxyl groups excluding tert-OH is 3. The first-order chi connectivity index (χ1) is 19.5. The number of hydrogen-bond donors (Lipinski definition) is 7.